The number of carbonyl (C=O) groups excluding carboxylic acids is 2. The van der Waals surface area contributed by atoms with Gasteiger partial charge in [0.25, 0.3) is 0 Å². The van der Waals surface area contributed by atoms with Crippen LogP contribution in [0.4, 0.5) is 15.8 Å². The molecule has 1 heterocycles. The topological polar surface area (TPSA) is 61.8 Å². The van der Waals surface area contributed by atoms with Gasteiger partial charge in [-0.15, -0.1) is 0 Å². The highest BCUT2D eigenvalue weighted by Crippen LogP contribution is 2.33. The van der Waals surface area contributed by atoms with Crippen molar-refractivity contribution in [2.24, 2.45) is 4.99 Å². The predicted octanol–water partition coefficient (Wildman–Crippen LogP) is 5.64. The Kier molecular flexibility index (Phi) is 6.87. The molecule has 1 aliphatic heterocycles. The molecule has 1 fully saturated rings. The van der Waals surface area contributed by atoms with Crippen molar-refractivity contribution in [3.63, 3.8) is 0 Å². The van der Waals surface area contributed by atoms with E-state index in [0.717, 1.165) is 5.56 Å². The Hall–Kier alpha value is -3.16. The van der Waals surface area contributed by atoms with Crippen LogP contribution in [0, 0.1) is 5.82 Å². The van der Waals surface area contributed by atoms with Crippen LogP contribution in [0.3, 0.4) is 0 Å². The summed E-state index contributed by atoms with van der Waals surface area (Å²) in [6.45, 7) is 0.332. The van der Waals surface area contributed by atoms with Crippen LogP contribution in [-0.2, 0) is 16.1 Å². The molecule has 8 heteroatoms. The normalized spacial score (nSPS) is 17.1. The van der Waals surface area contributed by atoms with Crippen LogP contribution >= 0.6 is 23.4 Å². The van der Waals surface area contributed by atoms with Crippen molar-refractivity contribution in [2.75, 3.05) is 5.32 Å². The summed E-state index contributed by atoms with van der Waals surface area (Å²) in [5.41, 5.74) is 2.04. The summed E-state index contributed by atoms with van der Waals surface area (Å²) >= 11 is 7.20. The Morgan fingerprint density at radius 2 is 1.81 bits per heavy atom. The Morgan fingerprint density at radius 1 is 1.06 bits per heavy atom. The molecule has 162 valence electrons. The van der Waals surface area contributed by atoms with Crippen LogP contribution in [0.15, 0.2) is 83.9 Å². The second-order valence-electron chi connectivity index (χ2n) is 7.15. The largest absolute Gasteiger partial charge is 0.326 e. The molecule has 1 atom stereocenters. The monoisotopic (exact) mass is 467 g/mol. The number of hydrogen-bond donors (Lipinski definition) is 1. The van der Waals surface area contributed by atoms with Gasteiger partial charge in [-0.1, -0.05) is 59.8 Å². The molecule has 1 unspecified atom stereocenters. The van der Waals surface area contributed by atoms with E-state index in [-0.39, 0.29) is 24.1 Å². The lowest BCUT2D eigenvalue weighted by molar-refractivity contribution is -0.128. The number of aliphatic imine (C=N–C) groups is 1. The molecule has 0 aromatic heterocycles. The van der Waals surface area contributed by atoms with E-state index in [4.69, 9.17) is 11.6 Å². The first-order valence-electron chi connectivity index (χ1n) is 9.89. The number of amidine groups is 1. The molecule has 32 heavy (non-hydrogen) atoms. The Balaban J connectivity index is 1.54. The number of anilines is 1. The SMILES string of the molecule is O=C(CC1SC(=Nc2ccc(F)cc2)N(Cc2ccccc2)C1=O)Nc1cccc(Cl)c1. The number of amides is 2. The van der Waals surface area contributed by atoms with Crippen LogP contribution in [0.1, 0.15) is 12.0 Å². The Labute approximate surface area is 194 Å². The van der Waals surface area contributed by atoms with Crippen molar-refractivity contribution in [3.8, 4) is 0 Å². The van der Waals surface area contributed by atoms with Gasteiger partial charge in [-0.2, -0.15) is 0 Å². The molecule has 0 saturated carbocycles. The summed E-state index contributed by atoms with van der Waals surface area (Å²) in [6, 6.07) is 22.1. The maximum atomic E-state index is 13.3. The van der Waals surface area contributed by atoms with E-state index in [1.54, 1.807) is 41.3 Å². The second-order valence-corrected chi connectivity index (χ2v) is 8.76. The number of thioether (sulfide) groups is 1. The smallest absolute Gasteiger partial charge is 0.242 e. The van der Waals surface area contributed by atoms with E-state index < -0.39 is 5.25 Å². The third-order valence-electron chi connectivity index (χ3n) is 4.73. The molecule has 3 aromatic carbocycles. The molecule has 0 aliphatic carbocycles. The quantitative estimate of drug-likeness (QED) is 0.510. The fraction of sp³-hybridized carbons (Fsp3) is 0.125. The fourth-order valence-electron chi connectivity index (χ4n) is 3.21. The van der Waals surface area contributed by atoms with Crippen molar-refractivity contribution in [1.82, 2.24) is 4.90 Å². The number of halogens is 2. The van der Waals surface area contributed by atoms with Gasteiger partial charge >= 0.3 is 0 Å². The number of rotatable bonds is 6. The second kappa shape index (κ2) is 9.97. The minimum absolute atomic E-state index is 0.0102. The molecule has 1 saturated heterocycles. The van der Waals surface area contributed by atoms with Crippen molar-refractivity contribution in [2.45, 2.75) is 18.2 Å². The summed E-state index contributed by atoms with van der Waals surface area (Å²) < 4.78 is 13.3. The van der Waals surface area contributed by atoms with Gasteiger partial charge in [-0.3, -0.25) is 14.5 Å². The molecule has 3 aromatic rings. The summed E-state index contributed by atoms with van der Waals surface area (Å²) in [6.07, 6.45) is -0.0102. The minimum Gasteiger partial charge on any atom is -0.326 e. The number of carbonyl (C=O) groups is 2. The third kappa shape index (κ3) is 5.55. The lowest BCUT2D eigenvalue weighted by atomic mass is 10.2. The van der Waals surface area contributed by atoms with Gasteiger partial charge < -0.3 is 5.32 Å². The molecule has 2 amide bonds. The van der Waals surface area contributed by atoms with Gasteiger partial charge in [0.15, 0.2) is 5.17 Å². The minimum atomic E-state index is -0.614. The number of nitrogens with zero attached hydrogens (tertiary/aromatic N) is 2. The van der Waals surface area contributed by atoms with Gasteiger partial charge in [0.2, 0.25) is 11.8 Å². The number of hydrogen-bond acceptors (Lipinski definition) is 4. The van der Waals surface area contributed by atoms with Crippen LogP contribution in [-0.4, -0.2) is 27.1 Å². The van der Waals surface area contributed by atoms with Crippen molar-refractivity contribution >= 4 is 51.7 Å². The average Bonchev–Trinajstić information content (AvgIpc) is 3.05. The third-order valence-corrected chi connectivity index (χ3v) is 6.14. The first-order valence-corrected chi connectivity index (χ1v) is 11.2. The van der Waals surface area contributed by atoms with Gasteiger partial charge in [0.05, 0.1) is 12.2 Å². The van der Waals surface area contributed by atoms with Crippen LogP contribution < -0.4 is 5.32 Å². The average molecular weight is 468 g/mol. The Morgan fingerprint density at radius 3 is 2.53 bits per heavy atom. The zero-order chi connectivity index (χ0) is 22.5. The van der Waals surface area contributed by atoms with E-state index in [1.165, 1.54) is 23.9 Å². The van der Waals surface area contributed by atoms with E-state index in [9.17, 15) is 14.0 Å². The standard InChI is InChI=1S/C24H19ClFN3O2S/c25-17-7-4-8-20(13-17)27-22(30)14-21-23(31)29(15-16-5-2-1-3-6-16)24(32-21)28-19-11-9-18(26)10-12-19/h1-13,21H,14-15H2,(H,27,30). The van der Waals surface area contributed by atoms with E-state index >= 15 is 0 Å². The lowest BCUT2D eigenvalue weighted by Gasteiger charge is -2.16. The van der Waals surface area contributed by atoms with E-state index in [1.807, 2.05) is 30.3 Å². The van der Waals surface area contributed by atoms with Crippen LogP contribution in [0.2, 0.25) is 5.02 Å². The van der Waals surface area contributed by atoms with Gasteiger partial charge in [0.1, 0.15) is 11.1 Å². The summed E-state index contributed by atoms with van der Waals surface area (Å²) in [5, 5.41) is 3.15. The molecule has 5 nitrogen and oxygen atoms in total. The molecular formula is C24H19ClFN3O2S. The molecule has 4 rings (SSSR count). The summed E-state index contributed by atoms with van der Waals surface area (Å²) in [4.78, 5) is 31.9. The van der Waals surface area contributed by atoms with Crippen molar-refractivity contribution in [3.05, 3.63) is 95.3 Å². The number of benzene rings is 3. The molecule has 0 bridgehead atoms. The van der Waals surface area contributed by atoms with Crippen molar-refractivity contribution < 1.29 is 14.0 Å². The van der Waals surface area contributed by atoms with E-state index in [2.05, 4.69) is 10.3 Å². The Bertz CT molecular complexity index is 1160. The summed E-state index contributed by atoms with van der Waals surface area (Å²) in [7, 11) is 0. The lowest BCUT2D eigenvalue weighted by Crippen LogP contribution is -2.33. The van der Waals surface area contributed by atoms with Gasteiger partial charge in [-0.05, 0) is 48.0 Å². The first kappa shape index (κ1) is 22.0. The molecule has 0 spiro atoms. The van der Waals surface area contributed by atoms with E-state index in [0.29, 0.717) is 28.1 Å². The van der Waals surface area contributed by atoms with Gasteiger partial charge in [-0.25, -0.2) is 9.38 Å². The maximum Gasteiger partial charge on any atom is 0.242 e. The molecular weight excluding hydrogens is 449 g/mol. The zero-order valence-corrected chi connectivity index (χ0v) is 18.4. The zero-order valence-electron chi connectivity index (χ0n) is 16.9. The molecule has 0 radical (unpaired) electrons. The number of nitrogens with one attached hydrogen (secondary N) is 1. The highest BCUT2D eigenvalue weighted by molar-refractivity contribution is 8.15. The van der Waals surface area contributed by atoms with Crippen LogP contribution in [0.25, 0.3) is 0 Å². The van der Waals surface area contributed by atoms with Gasteiger partial charge in [0, 0.05) is 17.1 Å². The molecule has 1 aliphatic rings. The predicted molar refractivity (Wildman–Crippen MR) is 127 cm³/mol. The highest BCUT2D eigenvalue weighted by Gasteiger charge is 2.39. The maximum absolute atomic E-state index is 13.3. The summed E-state index contributed by atoms with van der Waals surface area (Å²) in [5.74, 6) is -0.845. The first-order chi connectivity index (χ1) is 15.5. The van der Waals surface area contributed by atoms with Crippen LogP contribution in [0.5, 0.6) is 0 Å². The molecule has 1 N–H and O–H groups in total. The fourth-order valence-corrected chi connectivity index (χ4v) is 4.56. The van der Waals surface area contributed by atoms with Crippen molar-refractivity contribution in [1.29, 1.82) is 0 Å². The highest BCUT2D eigenvalue weighted by atomic mass is 35.5.